The molecule has 1 fully saturated rings. The van der Waals surface area contributed by atoms with Gasteiger partial charge in [0.1, 0.15) is 17.4 Å². The van der Waals surface area contributed by atoms with E-state index in [1.165, 1.54) is 19.0 Å². The molecule has 0 unspecified atom stereocenters. The summed E-state index contributed by atoms with van der Waals surface area (Å²) in [5.74, 6) is -0.954. The molecule has 1 aliphatic rings. The molecule has 2 aromatic rings. The van der Waals surface area contributed by atoms with Crippen molar-refractivity contribution in [3.8, 4) is 6.07 Å². The van der Waals surface area contributed by atoms with E-state index in [4.69, 9.17) is 4.74 Å². The number of rotatable bonds is 7. The monoisotopic (exact) mass is 333 g/mol. The average molecular weight is 333 g/mol. The van der Waals surface area contributed by atoms with Gasteiger partial charge in [-0.15, -0.1) is 0 Å². The Morgan fingerprint density at radius 2 is 2.21 bits per heavy atom. The highest BCUT2D eigenvalue weighted by Crippen LogP contribution is 2.29. The van der Waals surface area contributed by atoms with Gasteiger partial charge >= 0.3 is 0 Å². The number of aromatic nitrogens is 1. The molecule has 2 N–H and O–H groups in total. The van der Waals surface area contributed by atoms with Crippen LogP contribution in [0.25, 0.3) is 10.9 Å². The van der Waals surface area contributed by atoms with Crippen LogP contribution in [0.1, 0.15) is 18.4 Å². The summed E-state index contributed by atoms with van der Waals surface area (Å²) in [6.07, 6.45) is 2.76. The average Bonchev–Trinajstić information content (AvgIpc) is 3.36. The number of nitriles is 1. The maximum Gasteiger partial charge on any atom is 0.152 e. The van der Waals surface area contributed by atoms with E-state index in [1.807, 2.05) is 6.07 Å². The highest BCUT2D eigenvalue weighted by Gasteiger charge is 2.21. The number of hydrogen-bond acceptors (Lipinski definition) is 5. The van der Waals surface area contributed by atoms with Crippen LogP contribution in [0.2, 0.25) is 0 Å². The summed E-state index contributed by atoms with van der Waals surface area (Å²) in [4.78, 5) is 3.86. The number of fused-ring (bicyclic) bond motifs is 1. The van der Waals surface area contributed by atoms with Gasteiger partial charge in [-0.05, 0) is 24.8 Å². The number of nitrogens with one attached hydrogen (secondary N) is 1. The fourth-order valence-electron chi connectivity index (χ4n) is 2.44. The first-order valence-corrected chi connectivity index (χ1v) is 7.76. The highest BCUT2D eigenvalue weighted by molar-refractivity contribution is 5.94. The molecule has 126 valence electrons. The number of hydrogen-bond donors (Lipinski definition) is 2. The lowest BCUT2D eigenvalue weighted by Gasteiger charge is -2.15. The van der Waals surface area contributed by atoms with E-state index in [0.29, 0.717) is 12.5 Å². The number of aliphatic hydroxyl groups is 1. The van der Waals surface area contributed by atoms with E-state index >= 15 is 0 Å². The molecule has 1 saturated carbocycles. The summed E-state index contributed by atoms with van der Waals surface area (Å²) >= 11 is 0. The molecule has 24 heavy (non-hydrogen) atoms. The van der Waals surface area contributed by atoms with Crippen LogP contribution >= 0.6 is 0 Å². The van der Waals surface area contributed by atoms with E-state index < -0.39 is 17.7 Å². The zero-order valence-electron chi connectivity index (χ0n) is 12.9. The minimum Gasteiger partial charge on any atom is -0.389 e. The zero-order valence-corrected chi connectivity index (χ0v) is 12.9. The minimum atomic E-state index is -0.800. The maximum absolute atomic E-state index is 13.8. The topological polar surface area (TPSA) is 78.2 Å². The highest BCUT2D eigenvalue weighted by atomic mass is 19.1. The van der Waals surface area contributed by atoms with Gasteiger partial charge in [-0.25, -0.2) is 8.78 Å². The third-order valence-corrected chi connectivity index (χ3v) is 3.89. The predicted molar refractivity (Wildman–Crippen MR) is 84.4 cm³/mol. The van der Waals surface area contributed by atoms with Crippen molar-refractivity contribution < 1.29 is 18.6 Å². The van der Waals surface area contributed by atoms with Gasteiger partial charge in [-0.2, -0.15) is 5.26 Å². The van der Waals surface area contributed by atoms with Crippen LogP contribution < -0.4 is 5.32 Å². The molecule has 1 aliphatic carbocycles. The van der Waals surface area contributed by atoms with Crippen LogP contribution in [-0.4, -0.2) is 36.0 Å². The molecule has 3 rings (SSSR count). The van der Waals surface area contributed by atoms with Gasteiger partial charge in [0.2, 0.25) is 0 Å². The summed E-state index contributed by atoms with van der Waals surface area (Å²) < 4.78 is 32.7. The van der Waals surface area contributed by atoms with Crippen molar-refractivity contribution in [3.63, 3.8) is 0 Å². The smallest absolute Gasteiger partial charge is 0.152 e. The first kappa shape index (κ1) is 16.6. The molecule has 0 saturated heterocycles. The first-order chi connectivity index (χ1) is 11.6. The summed E-state index contributed by atoms with van der Waals surface area (Å²) in [5.41, 5.74) is 0.373. The third-order valence-electron chi connectivity index (χ3n) is 3.89. The van der Waals surface area contributed by atoms with Crippen molar-refractivity contribution in [2.45, 2.75) is 18.9 Å². The van der Waals surface area contributed by atoms with Crippen LogP contribution in [0.15, 0.2) is 18.3 Å². The molecule has 7 heteroatoms. The summed E-state index contributed by atoms with van der Waals surface area (Å²) in [7, 11) is 0. The van der Waals surface area contributed by atoms with E-state index in [-0.39, 0.29) is 35.3 Å². The van der Waals surface area contributed by atoms with Crippen molar-refractivity contribution >= 4 is 16.6 Å². The predicted octanol–water partition coefficient (Wildman–Crippen LogP) is 2.58. The van der Waals surface area contributed by atoms with Crippen LogP contribution in [0.4, 0.5) is 14.5 Å². The molecule has 1 aromatic carbocycles. The Labute approximate surface area is 137 Å². The molecular weight excluding hydrogens is 316 g/mol. The minimum absolute atomic E-state index is 0.0302. The molecule has 1 atom stereocenters. The van der Waals surface area contributed by atoms with Crippen molar-refractivity contribution in [2.75, 3.05) is 25.1 Å². The van der Waals surface area contributed by atoms with Crippen molar-refractivity contribution in [2.24, 2.45) is 5.92 Å². The quantitative estimate of drug-likeness (QED) is 0.814. The Bertz CT molecular complexity index is 787. The van der Waals surface area contributed by atoms with Gasteiger partial charge in [0, 0.05) is 30.8 Å². The van der Waals surface area contributed by atoms with Crippen LogP contribution in [-0.2, 0) is 4.74 Å². The molecule has 0 radical (unpaired) electrons. The van der Waals surface area contributed by atoms with Gasteiger partial charge in [-0.3, -0.25) is 4.98 Å². The molecule has 0 amide bonds. The Morgan fingerprint density at radius 3 is 2.92 bits per heavy atom. The van der Waals surface area contributed by atoms with Crippen LogP contribution in [0, 0.1) is 28.9 Å². The van der Waals surface area contributed by atoms with E-state index in [9.17, 15) is 19.1 Å². The van der Waals surface area contributed by atoms with E-state index in [0.717, 1.165) is 12.1 Å². The lowest BCUT2D eigenvalue weighted by Crippen LogP contribution is -2.25. The number of aliphatic hydroxyl groups excluding tert-OH is 1. The number of anilines is 1. The lowest BCUT2D eigenvalue weighted by molar-refractivity contribution is 0.0386. The third kappa shape index (κ3) is 3.78. The molecule has 0 aliphatic heterocycles. The second kappa shape index (κ2) is 7.07. The van der Waals surface area contributed by atoms with Crippen molar-refractivity contribution in [1.29, 1.82) is 5.26 Å². The second-order valence-corrected chi connectivity index (χ2v) is 5.96. The molecular formula is C17H17F2N3O2. The molecule has 0 bridgehead atoms. The van der Waals surface area contributed by atoms with Crippen molar-refractivity contribution in [3.05, 3.63) is 35.5 Å². The largest absolute Gasteiger partial charge is 0.389 e. The van der Waals surface area contributed by atoms with Crippen molar-refractivity contribution in [1.82, 2.24) is 4.98 Å². The van der Waals surface area contributed by atoms with Crippen LogP contribution in [0.3, 0.4) is 0 Å². The normalized spacial score (nSPS) is 15.2. The fraction of sp³-hybridized carbons (Fsp3) is 0.412. The maximum atomic E-state index is 13.8. The standard InChI is InChI=1S/C17H17F2N3O2/c18-12-3-14-16(11(5-20)6-21-17(14)15(19)4-12)22-7-13(23)9-24-8-10-1-2-10/h3-4,6,10,13,23H,1-2,7-9H2,(H,21,22)/t13-/m1/s1. The molecule has 5 nitrogen and oxygen atoms in total. The van der Waals surface area contributed by atoms with E-state index in [2.05, 4.69) is 10.3 Å². The lowest BCUT2D eigenvalue weighted by atomic mass is 10.1. The number of ether oxygens (including phenoxy) is 1. The number of pyridine rings is 1. The zero-order chi connectivity index (χ0) is 17.1. The summed E-state index contributed by atoms with van der Waals surface area (Å²) in [6.45, 7) is 0.892. The summed E-state index contributed by atoms with van der Waals surface area (Å²) in [6, 6.07) is 3.79. The Kier molecular flexibility index (Phi) is 4.88. The number of nitrogens with zero attached hydrogens (tertiary/aromatic N) is 2. The first-order valence-electron chi connectivity index (χ1n) is 7.76. The molecule has 1 aromatic heterocycles. The Balaban J connectivity index is 1.75. The number of benzene rings is 1. The van der Waals surface area contributed by atoms with Gasteiger partial charge in [0.05, 0.1) is 24.0 Å². The summed E-state index contributed by atoms with van der Waals surface area (Å²) in [5, 5.41) is 22.2. The Hall–Kier alpha value is -2.30. The fourth-order valence-corrected chi connectivity index (χ4v) is 2.44. The van der Waals surface area contributed by atoms with E-state index in [1.54, 1.807) is 0 Å². The Morgan fingerprint density at radius 1 is 1.42 bits per heavy atom. The van der Waals surface area contributed by atoms with Gasteiger partial charge in [0.25, 0.3) is 0 Å². The number of halogens is 2. The van der Waals surface area contributed by atoms with Crippen LogP contribution in [0.5, 0.6) is 0 Å². The van der Waals surface area contributed by atoms with Gasteiger partial charge in [0.15, 0.2) is 5.82 Å². The van der Waals surface area contributed by atoms with Gasteiger partial charge < -0.3 is 15.2 Å². The second-order valence-electron chi connectivity index (χ2n) is 5.96. The molecule has 0 spiro atoms. The SMILES string of the molecule is N#Cc1cnc2c(F)cc(F)cc2c1NC[C@@H](O)COCC1CC1. The molecule has 1 heterocycles. The van der Waals surface area contributed by atoms with Gasteiger partial charge in [-0.1, -0.05) is 0 Å².